The summed E-state index contributed by atoms with van der Waals surface area (Å²) in [4.78, 5) is 35.6. The van der Waals surface area contributed by atoms with Crippen molar-refractivity contribution < 1.29 is 29.7 Å². The normalized spacial score (nSPS) is 12.7. The SMILES string of the molecule is O=C(N[C@H](Cc1ccccc1)[C@@H](O)C(=O)O)c1cc(C(=O)O)n(Cc2ccccc2)n1. The molecule has 0 fully saturated rings. The third-order valence-electron chi connectivity index (χ3n) is 4.66. The molecular weight excluding hydrogens is 402 g/mol. The van der Waals surface area contributed by atoms with E-state index in [2.05, 4.69) is 10.4 Å². The third-order valence-corrected chi connectivity index (χ3v) is 4.66. The summed E-state index contributed by atoms with van der Waals surface area (Å²) in [6.07, 6.45) is -1.79. The van der Waals surface area contributed by atoms with Crippen molar-refractivity contribution in [3.05, 3.63) is 89.2 Å². The van der Waals surface area contributed by atoms with E-state index in [1.807, 2.05) is 6.07 Å². The molecule has 9 heteroatoms. The van der Waals surface area contributed by atoms with Gasteiger partial charge in [-0.1, -0.05) is 60.7 Å². The number of nitrogens with one attached hydrogen (secondary N) is 1. The molecule has 0 aliphatic heterocycles. The van der Waals surface area contributed by atoms with Crippen molar-refractivity contribution in [1.29, 1.82) is 0 Å². The van der Waals surface area contributed by atoms with Gasteiger partial charge in [-0.25, -0.2) is 9.59 Å². The molecule has 1 heterocycles. The van der Waals surface area contributed by atoms with Gasteiger partial charge in [0, 0.05) is 6.07 Å². The number of hydrogen-bond acceptors (Lipinski definition) is 5. The van der Waals surface area contributed by atoms with Gasteiger partial charge in [-0.15, -0.1) is 0 Å². The fourth-order valence-corrected chi connectivity index (χ4v) is 3.10. The predicted molar refractivity (Wildman–Crippen MR) is 110 cm³/mol. The van der Waals surface area contributed by atoms with Gasteiger partial charge in [0.05, 0.1) is 12.6 Å². The number of amides is 1. The van der Waals surface area contributed by atoms with Gasteiger partial charge in [0.2, 0.25) is 0 Å². The predicted octanol–water partition coefficient (Wildman–Crippen LogP) is 1.42. The molecule has 3 aromatic rings. The van der Waals surface area contributed by atoms with Gasteiger partial charge in [-0.3, -0.25) is 9.48 Å². The molecule has 31 heavy (non-hydrogen) atoms. The zero-order valence-corrected chi connectivity index (χ0v) is 16.4. The summed E-state index contributed by atoms with van der Waals surface area (Å²) in [7, 11) is 0. The number of aliphatic hydroxyl groups is 1. The zero-order chi connectivity index (χ0) is 22.4. The average molecular weight is 423 g/mol. The van der Waals surface area contributed by atoms with E-state index in [9.17, 15) is 29.7 Å². The molecule has 2 aromatic carbocycles. The Morgan fingerprint density at radius 1 is 0.935 bits per heavy atom. The Balaban J connectivity index is 1.83. The summed E-state index contributed by atoms with van der Waals surface area (Å²) in [5, 5.41) is 35.3. The highest BCUT2D eigenvalue weighted by Crippen LogP contribution is 2.12. The molecule has 0 radical (unpaired) electrons. The Kier molecular flexibility index (Phi) is 6.78. The first kappa shape index (κ1) is 21.7. The molecular formula is C22H21N3O6. The number of benzene rings is 2. The first-order chi connectivity index (χ1) is 14.8. The fourth-order valence-electron chi connectivity index (χ4n) is 3.10. The maximum Gasteiger partial charge on any atom is 0.354 e. The van der Waals surface area contributed by atoms with Crippen LogP contribution in [0, 0.1) is 0 Å². The lowest BCUT2D eigenvalue weighted by Crippen LogP contribution is -2.48. The van der Waals surface area contributed by atoms with Crippen molar-refractivity contribution in [1.82, 2.24) is 15.1 Å². The number of aliphatic carboxylic acids is 1. The fraction of sp³-hybridized carbons (Fsp3) is 0.182. The monoisotopic (exact) mass is 423 g/mol. The topological polar surface area (TPSA) is 142 Å². The second-order valence-electron chi connectivity index (χ2n) is 6.92. The lowest BCUT2D eigenvalue weighted by Gasteiger charge is -2.21. The smallest absolute Gasteiger partial charge is 0.354 e. The molecule has 1 aromatic heterocycles. The van der Waals surface area contributed by atoms with Crippen molar-refractivity contribution >= 4 is 17.8 Å². The van der Waals surface area contributed by atoms with E-state index < -0.39 is 30.0 Å². The quantitative estimate of drug-likeness (QED) is 0.408. The highest BCUT2D eigenvalue weighted by atomic mass is 16.4. The standard InChI is InChI=1S/C22H21N3O6/c26-19(22(30)31)16(11-14-7-3-1-4-8-14)23-20(27)17-12-18(21(28)29)25(24-17)13-15-9-5-2-6-10-15/h1-10,12,16,19,26H,11,13H2,(H,23,27)(H,28,29)(H,30,31)/t16-,19-/m1/s1. The molecule has 3 rings (SSSR count). The molecule has 0 spiro atoms. The molecule has 0 bridgehead atoms. The lowest BCUT2D eigenvalue weighted by atomic mass is 10.0. The van der Waals surface area contributed by atoms with Crippen molar-refractivity contribution in [2.45, 2.75) is 25.1 Å². The summed E-state index contributed by atoms with van der Waals surface area (Å²) in [6, 6.07) is 17.8. The van der Waals surface area contributed by atoms with E-state index in [-0.39, 0.29) is 24.4 Å². The minimum Gasteiger partial charge on any atom is -0.479 e. The number of aliphatic hydroxyl groups excluding tert-OH is 1. The number of rotatable bonds is 9. The molecule has 1 amide bonds. The molecule has 0 aliphatic carbocycles. The molecule has 0 saturated carbocycles. The summed E-state index contributed by atoms with van der Waals surface area (Å²) in [5.74, 6) is -3.52. The van der Waals surface area contributed by atoms with E-state index in [0.29, 0.717) is 5.56 Å². The van der Waals surface area contributed by atoms with Crippen LogP contribution in [0.25, 0.3) is 0 Å². The van der Waals surface area contributed by atoms with Crippen LogP contribution in [0.3, 0.4) is 0 Å². The second kappa shape index (κ2) is 9.68. The van der Waals surface area contributed by atoms with Crippen molar-refractivity contribution in [2.24, 2.45) is 0 Å². The summed E-state index contributed by atoms with van der Waals surface area (Å²) in [5.41, 5.74) is 1.13. The largest absolute Gasteiger partial charge is 0.479 e. The number of hydrogen-bond donors (Lipinski definition) is 4. The second-order valence-corrected chi connectivity index (χ2v) is 6.92. The van der Waals surface area contributed by atoms with E-state index in [0.717, 1.165) is 11.6 Å². The van der Waals surface area contributed by atoms with E-state index in [1.54, 1.807) is 54.6 Å². The maximum atomic E-state index is 12.7. The van der Waals surface area contributed by atoms with Crippen molar-refractivity contribution in [3.63, 3.8) is 0 Å². The molecule has 2 atom stereocenters. The van der Waals surface area contributed by atoms with Crippen molar-refractivity contribution in [2.75, 3.05) is 0 Å². The maximum absolute atomic E-state index is 12.7. The van der Waals surface area contributed by atoms with Crippen LogP contribution in [0.2, 0.25) is 0 Å². The molecule has 0 saturated heterocycles. The Labute approximate surface area is 177 Å². The lowest BCUT2D eigenvalue weighted by molar-refractivity contribution is -0.148. The molecule has 0 unspecified atom stereocenters. The number of aromatic nitrogens is 2. The summed E-state index contributed by atoms with van der Waals surface area (Å²) in [6.45, 7) is 0.140. The van der Waals surface area contributed by atoms with Gasteiger partial charge in [0.25, 0.3) is 5.91 Å². The van der Waals surface area contributed by atoms with Crippen LogP contribution in [-0.4, -0.2) is 55.1 Å². The van der Waals surface area contributed by atoms with Crippen LogP contribution in [0.5, 0.6) is 0 Å². The number of carbonyl (C=O) groups excluding carboxylic acids is 1. The van der Waals surface area contributed by atoms with Gasteiger partial charge < -0.3 is 20.6 Å². The van der Waals surface area contributed by atoms with E-state index >= 15 is 0 Å². The van der Waals surface area contributed by atoms with Gasteiger partial charge in [0.15, 0.2) is 11.8 Å². The number of carboxylic acid groups (broad SMARTS) is 2. The minimum absolute atomic E-state index is 0.0660. The van der Waals surface area contributed by atoms with Crippen LogP contribution >= 0.6 is 0 Å². The van der Waals surface area contributed by atoms with Gasteiger partial charge in [0.1, 0.15) is 5.69 Å². The molecule has 4 N–H and O–H groups in total. The van der Waals surface area contributed by atoms with Crippen molar-refractivity contribution in [3.8, 4) is 0 Å². The Hall–Kier alpha value is -3.98. The Morgan fingerprint density at radius 3 is 2.06 bits per heavy atom. The molecule has 160 valence electrons. The first-order valence-electron chi connectivity index (χ1n) is 9.46. The van der Waals surface area contributed by atoms with Crippen LogP contribution in [-0.2, 0) is 17.8 Å². The van der Waals surface area contributed by atoms with Gasteiger partial charge in [-0.05, 0) is 17.5 Å². The zero-order valence-electron chi connectivity index (χ0n) is 16.4. The highest BCUT2D eigenvalue weighted by Gasteiger charge is 2.29. The summed E-state index contributed by atoms with van der Waals surface area (Å²) >= 11 is 0. The van der Waals surface area contributed by atoms with Crippen LogP contribution in [0.1, 0.15) is 32.1 Å². The number of carbonyl (C=O) groups is 3. The Bertz CT molecular complexity index is 1070. The van der Waals surface area contributed by atoms with Crippen LogP contribution in [0.4, 0.5) is 0 Å². The van der Waals surface area contributed by atoms with Crippen LogP contribution in [0.15, 0.2) is 66.7 Å². The highest BCUT2D eigenvalue weighted by molar-refractivity contribution is 5.96. The number of nitrogens with zero attached hydrogens (tertiary/aromatic N) is 2. The first-order valence-corrected chi connectivity index (χ1v) is 9.46. The minimum atomic E-state index is -1.85. The van der Waals surface area contributed by atoms with Crippen LogP contribution < -0.4 is 5.32 Å². The van der Waals surface area contributed by atoms with Gasteiger partial charge >= 0.3 is 11.9 Å². The van der Waals surface area contributed by atoms with Gasteiger partial charge in [-0.2, -0.15) is 5.10 Å². The average Bonchev–Trinajstić information content (AvgIpc) is 3.18. The number of aromatic carboxylic acids is 1. The van der Waals surface area contributed by atoms with E-state index in [4.69, 9.17) is 0 Å². The number of carboxylic acids is 2. The molecule has 0 aliphatic rings. The molecule has 9 nitrogen and oxygen atoms in total. The summed E-state index contributed by atoms with van der Waals surface area (Å²) < 4.78 is 1.19. The Morgan fingerprint density at radius 2 is 1.52 bits per heavy atom. The third kappa shape index (κ3) is 5.55. The van der Waals surface area contributed by atoms with E-state index in [1.165, 1.54) is 4.68 Å².